The van der Waals surface area contributed by atoms with Gasteiger partial charge in [-0.15, -0.1) is 0 Å². The number of benzene rings is 2. The predicted molar refractivity (Wildman–Crippen MR) is 121 cm³/mol. The van der Waals surface area contributed by atoms with Crippen molar-refractivity contribution in [2.24, 2.45) is 5.92 Å². The van der Waals surface area contributed by atoms with E-state index >= 15 is 0 Å². The molecule has 1 atom stereocenters. The first-order chi connectivity index (χ1) is 14.0. The van der Waals surface area contributed by atoms with Gasteiger partial charge < -0.3 is 10.6 Å². The van der Waals surface area contributed by atoms with E-state index in [1.807, 2.05) is 80.2 Å². The highest BCUT2D eigenvalue weighted by molar-refractivity contribution is 7.99. The molecule has 154 valence electrons. The fourth-order valence-corrected chi connectivity index (χ4v) is 4.36. The SMILES string of the molecule is CC(C)CC(=O)Nc1ccc(NC(=O)[C@H](c2ccccc2)N2CCSCC2)cc1. The molecule has 5 nitrogen and oxygen atoms in total. The van der Waals surface area contributed by atoms with E-state index < -0.39 is 0 Å². The lowest BCUT2D eigenvalue weighted by Crippen LogP contribution is -2.41. The molecule has 6 heteroatoms. The number of anilines is 2. The van der Waals surface area contributed by atoms with Gasteiger partial charge in [0.15, 0.2) is 0 Å². The number of carbonyl (C=O) groups is 2. The number of nitrogens with zero attached hydrogens (tertiary/aromatic N) is 1. The van der Waals surface area contributed by atoms with Gasteiger partial charge in [0.25, 0.3) is 0 Å². The van der Waals surface area contributed by atoms with Crippen LogP contribution in [0.5, 0.6) is 0 Å². The Balaban J connectivity index is 1.68. The number of rotatable bonds is 7. The molecule has 0 aromatic heterocycles. The molecule has 1 aliphatic rings. The first kappa shape index (κ1) is 21.4. The Hall–Kier alpha value is -2.31. The third-order valence-electron chi connectivity index (χ3n) is 4.80. The second kappa shape index (κ2) is 10.5. The number of hydrogen-bond acceptors (Lipinski definition) is 4. The van der Waals surface area contributed by atoms with Crippen LogP contribution in [0.3, 0.4) is 0 Å². The van der Waals surface area contributed by atoms with Crippen molar-refractivity contribution in [3.8, 4) is 0 Å². The summed E-state index contributed by atoms with van der Waals surface area (Å²) < 4.78 is 0. The van der Waals surface area contributed by atoms with Crippen LogP contribution in [0.4, 0.5) is 11.4 Å². The summed E-state index contributed by atoms with van der Waals surface area (Å²) in [6.45, 7) is 5.84. The van der Waals surface area contributed by atoms with Crippen LogP contribution in [-0.4, -0.2) is 41.3 Å². The highest BCUT2D eigenvalue weighted by atomic mass is 32.2. The Morgan fingerprint density at radius 1 is 0.931 bits per heavy atom. The zero-order valence-corrected chi connectivity index (χ0v) is 17.9. The van der Waals surface area contributed by atoms with Crippen LogP contribution in [0, 0.1) is 5.92 Å². The van der Waals surface area contributed by atoms with Crippen molar-refractivity contribution >= 4 is 35.0 Å². The molecule has 1 fully saturated rings. The molecule has 1 saturated heterocycles. The maximum absolute atomic E-state index is 13.2. The third-order valence-corrected chi connectivity index (χ3v) is 5.75. The van der Waals surface area contributed by atoms with Crippen LogP contribution in [-0.2, 0) is 9.59 Å². The van der Waals surface area contributed by atoms with E-state index in [0.717, 1.165) is 41.5 Å². The lowest BCUT2D eigenvalue weighted by molar-refractivity contribution is -0.121. The molecule has 2 aromatic rings. The van der Waals surface area contributed by atoms with Gasteiger partial charge in [-0.3, -0.25) is 14.5 Å². The lowest BCUT2D eigenvalue weighted by atomic mass is 10.0. The monoisotopic (exact) mass is 411 g/mol. The van der Waals surface area contributed by atoms with Gasteiger partial charge in [-0.05, 0) is 35.7 Å². The second-order valence-corrected chi connectivity index (χ2v) is 8.90. The summed E-state index contributed by atoms with van der Waals surface area (Å²) >= 11 is 1.93. The van der Waals surface area contributed by atoms with Crippen molar-refractivity contribution < 1.29 is 9.59 Å². The number of amides is 2. The maximum Gasteiger partial charge on any atom is 0.246 e. The minimum Gasteiger partial charge on any atom is -0.326 e. The Bertz CT molecular complexity index is 803. The molecule has 2 aromatic carbocycles. The summed E-state index contributed by atoms with van der Waals surface area (Å²) in [6, 6.07) is 16.9. The summed E-state index contributed by atoms with van der Waals surface area (Å²) in [5.41, 5.74) is 2.47. The van der Waals surface area contributed by atoms with Crippen molar-refractivity contribution in [2.45, 2.75) is 26.3 Å². The van der Waals surface area contributed by atoms with E-state index in [2.05, 4.69) is 15.5 Å². The molecule has 2 N–H and O–H groups in total. The molecule has 29 heavy (non-hydrogen) atoms. The molecule has 3 rings (SSSR count). The van der Waals surface area contributed by atoms with E-state index in [0.29, 0.717) is 12.3 Å². The smallest absolute Gasteiger partial charge is 0.246 e. The van der Waals surface area contributed by atoms with E-state index in [-0.39, 0.29) is 17.9 Å². The molecule has 1 heterocycles. The minimum atomic E-state index is -0.303. The summed E-state index contributed by atoms with van der Waals surface area (Å²) in [4.78, 5) is 27.3. The van der Waals surface area contributed by atoms with Gasteiger partial charge in [-0.2, -0.15) is 11.8 Å². The van der Waals surface area contributed by atoms with Crippen molar-refractivity contribution in [1.29, 1.82) is 0 Å². The molecule has 1 aliphatic heterocycles. The maximum atomic E-state index is 13.2. The molecule has 0 unspecified atom stereocenters. The van der Waals surface area contributed by atoms with Crippen LogP contribution >= 0.6 is 11.8 Å². The topological polar surface area (TPSA) is 61.4 Å². The Morgan fingerprint density at radius 3 is 2.10 bits per heavy atom. The Morgan fingerprint density at radius 2 is 1.52 bits per heavy atom. The standard InChI is InChI=1S/C23H29N3O2S/c1-17(2)16-21(27)24-19-8-10-20(11-9-19)25-23(28)22(18-6-4-3-5-7-18)26-12-14-29-15-13-26/h3-11,17,22H,12-16H2,1-2H3,(H,24,27)(H,25,28)/t22-/m0/s1. The number of nitrogens with one attached hydrogen (secondary N) is 2. The van der Waals surface area contributed by atoms with Gasteiger partial charge in [0.2, 0.25) is 11.8 Å². The summed E-state index contributed by atoms with van der Waals surface area (Å²) in [5.74, 6) is 2.38. The molecule has 0 saturated carbocycles. The highest BCUT2D eigenvalue weighted by Gasteiger charge is 2.28. The first-order valence-electron chi connectivity index (χ1n) is 10.1. The number of thioether (sulfide) groups is 1. The Labute approximate surface area is 177 Å². The summed E-state index contributed by atoms with van der Waals surface area (Å²) in [7, 11) is 0. The van der Waals surface area contributed by atoms with E-state index in [9.17, 15) is 9.59 Å². The predicted octanol–water partition coefficient (Wildman–Crippen LogP) is 4.40. The molecular formula is C23H29N3O2S. The quantitative estimate of drug-likeness (QED) is 0.709. The molecule has 0 radical (unpaired) electrons. The van der Waals surface area contributed by atoms with Crippen molar-refractivity contribution in [1.82, 2.24) is 4.90 Å². The fraction of sp³-hybridized carbons (Fsp3) is 0.391. The normalized spacial score (nSPS) is 15.7. The largest absolute Gasteiger partial charge is 0.326 e. The minimum absolute atomic E-state index is 0.00361. The van der Waals surface area contributed by atoms with Gasteiger partial charge in [0, 0.05) is 42.4 Å². The van der Waals surface area contributed by atoms with Crippen LogP contribution < -0.4 is 10.6 Å². The van der Waals surface area contributed by atoms with Crippen molar-refractivity contribution in [3.63, 3.8) is 0 Å². The third kappa shape index (κ3) is 6.34. The molecule has 0 aliphatic carbocycles. The molecule has 0 spiro atoms. The van der Waals surface area contributed by atoms with Gasteiger partial charge in [-0.1, -0.05) is 44.2 Å². The van der Waals surface area contributed by atoms with Gasteiger partial charge >= 0.3 is 0 Å². The zero-order chi connectivity index (χ0) is 20.6. The molecule has 0 bridgehead atoms. The van der Waals surface area contributed by atoms with E-state index in [1.165, 1.54) is 0 Å². The van der Waals surface area contributed by atoms with Gasteiger partial charge in [0.05, 0.1) is 0 Å². The van der Waals surface area contributed by atoms with Crippen molar-refractivity contribution in [2.75, 3.05) is 35.2 Å². The lowest BCUT2D eigenvalue weighted by Gasteiger charge is -2.33. The Kier molecular flexibility index (Phi) is 7.72. The van der Waals surface area contributed by atoms with Crippen LogP contribution in [0.15, 0.2) is 54.6 Å². The van der Waals surface area contributed by atoms with Crippen LogP contribution in [0.2, 0.25) is 0 Å². The van der Waals surface area contributed by atoms with E-state index in [4.69, 9.17) is 0 Å². The number of hydrogen-bond donors (Lipinski definition) is 2. The average Bonchev–Trinajstić information content (AvgIpc) is 2.71. The second-order valence-electron chi connectivity index (χ2n) is 7.67. The highest BCUT2D eigenvalue weighted by Crippen LogP contribution is 2.26. The zero-order valence-electron chi connectivity index (χ0n) is 17.1. The molecular weight excluding hydrogens is 382 g/mol. The van der Waals surface area contributed by atoms with Crippen LogP contribution in [0.1, 0.15) is 31.9 Å². The first-order valence-corrected chi connectivity index (χ1v) is 11.3. The summed E-state index contributed by atoms with van der Waals surface area (Å²) in [6.07, 6.45) is 0.491. The summed E-state index contributed by atoms with van der Waals surface area (Å²) in [5, 5.41) is 5.94. The average molecular weight is 412 g/mol. The molecule has 2 amide bonds. The van der Waals surface area contributed by atoms with Gasteiger partial charge in [-0.25, -0.2) is 0 Å². The van der Waals surface area contributed by atoms with Crippen molar-refractivity contribution in [3.05, 3.63) is 60.2 Å². The van der Waals surface area contributed by atoms with E-state index in [1.54, 1.807) is 0 Å². The number of carbonyl (C=O) groups excluding carboxylic acids is 2. The fourth-order valence-electron chi connectivity index (χ4n) is 3.43. The van der Waals surface area contributed by atoms with Crippen LogP contribution in [0.25, 0.3) is 0 Å². The van der Waals surface area contributed by atoms with Gasteiger partial charge in [0.1, 0.15) is 6.04 Å².